The first-order valence-electron chi connectivity index (χ1n) is 4.03. The second-order valence-electron chi connectivity index (χ2n) is 2.73. The Morgan fingerprint density at radius 3 is 3.25 bits per heavy atom. The van der Waals surface area contributed by atoms with E-state index in [2.05, 4.69) is 15.3 Å². The van der Waals surface area contributed by atoms with E-state index < -0.39 is 0 Å². The molecule has 1 N–H and O–H groups in total. The molecule has 64 valence electrons. The van der Waals surface area contributed by atoms with Gasteiger partial charge in [-0.25, -0.2) is 4.98 Å². The lowest BCUT2D eigenvalue weighted by molar-refractivity contribution is 0.397. The zero-order chi connectivity index (χ0) is 8.39. The largest absolute Gasteiger partial charge is 0.479 e. The van der Waals surface area contributed by atoms with Crippen LogP contribution >= 0.6 is 0 Å². The summed E-state index contributed by atoms with van der Waals surface area (Å²) in [6.07, 6.45) is 3.69. The third-order valence-electron chi connectivity index (χ3n) is 1.98. The van der Waals surface area contributed by atoms with Crippen molar-refractivity contribution >= 4 is 5.69 Å². The van der Waals surface area contributed by atoms with E-state index >= 15 is 0 Å². The zero-order valence-electron chi connectivity index (χ0n) is 7.00. The highest BCUT2D eigenvalue weighted by molar-refractivity contribution is 5.57. The molecule has 1 aromatic rings. The lowest BCUT2D eigenvalue weighted by atomic mass is 10.1. The molecule has 0 saturated heterocycles. The Bertz CT molecular complexity index is 273. The number of nitrogens with zero attached hydrogens (tertiary/aromatic N) is 2. The molecule has 1 aliphatic heterocycles. The average molecular weight is 165 g/mol. The van der Waals surface area contributed by atoms with Crippen molar-refractivity contribution in [3.8, 4) is 5.88 Å². The van der Waals surface area contributed by atoms with Crippen molar-refractivity contribution in [3.05, 3.63) is 12.0 Å². The number of fused-ring (bicyclic) bond motifs is 1. The molecule has 12 heavy (non-hydrogen) atoms. The number of methoxy groups -OCH3 is 1. The normalized spacial score (nSPS) is 14.8. The van der Waals surface area contributed by atoms with Crippen molar-refractivity contribution < 1.29 is 4.74 Å². The molecule has 2 heterocycles. The van der Waals surface area contributed by atoms with Gasteiger partial charge in [0.1, 0.15) is 12.0 Å². The summed E-state index contributed by atoms with van der Waals surface area (Å²) in [5, 5.41) is 3.23. The van der Waals surface area contributed by atoms with Crippen LogP contribution in [0, 0.1) is 0 Å². The standard InChI is InChI=1S/C8H11N3O/c1-12-8-7-6(10-5-11-8)3-2-4-9-7/h5,9H,2-4H2,1H3. The summed E-state index contributed by atoms with van der Waals surface area (Å²) in [5.41, 5.74) is 2.03. The number of ether oxygens (including phenoxy) is 1. The molecule has 4 heteroatoms. The topological polar surface area (TPSA) is 47.0 Å². The van der Waals surface area contributed by atoms with E-state index in [-0.39, 0.29) is 0 Å². The number of rotatable bonds is 1. The second-order valence-corrected chi connectivity index (χ2v) is 2.73. The minimum atomic E-state index is 0.653. The van der Waals surface area contributed by atoms with Crippen molar-refractivity contribution in [2.24, 2.45) is 0 Å². The molecule has 0 amide bonds. The molecular weight excluding hydrogens is 154 g/mol. The smallest absolute Gasteiger partial charge is 0.240 e. The van der Waals surface area contributed by atoms with Gasteiger partial charge in [-0.3, -0.25) is 0 Å². The number of hydrogen-bond acceptors (Lipinski definition) is 4. The van der Waals surface area contributed by atoms with Gasteiger partial charge >= 0.3 is 0 Å². The van der Waals surface area contributed by atoms with Crippen LogP contribution in [-0.4, -0.2) is 23.6 Å². The summed E-state index contributed by atoms with van der Waals surface area (Å²) in [6.45, 7) is 0.983. The quantitative estimate of drug-likeness (QED) is 0.670. The van der Waals surface area contributed by atoms with Crippen LogP contribution in [0.25, 0.3) is 0 Å². The third-order valence-corrected chi connectivity index (χ3v) is 1.98. The van der Waals surface area contributed by atoms with Crippen LogP contribution in [0.4, 0.5) is 5.69 Å². The molecule has 1 aliphatic rings. The van der Waals surface area contributed by atoms with Gasteiger partial charge in [-0.05, 0) is 12.8 Å². The fourth-order valence-electron chi connectivity index (χ4n) is 1.39. The van der Waals surface area contributed by atoms with Gasteiger partial charge in [0, 0.05) is 6.54 Å². The predicted octanol–water partition coefficient (Wildman–Crippen LogP) is 0.843. The monoisotopic (exact) mass is 165 g/mol. The number of aryl methyl sites for hydroxylation is 1. The van der Waals surface area contributed by atoms with E-state index in [1.54, 1.807) is 13.4 Å². The van der Waals surface area contributed by atoms with Gasteiger partial charge in [0.05, 0.1) is 12.8 Å². The molecule has 0 saturated carbocycles. The molecule has 0 spiro atoms. The molecule has 4 nitrogen and oxygen atoms in total. The Hall–Kier alpha value is -1.32. The van der Waals surface area contributed by atoms with Crippen molar-refractivity contribution in [1.82, 2.24) is 9.97 Å². The van der Waals surface area contributed by atoms with Crippen LogP contribution in [0.5, 0.6) is 5.88 Å². The second kappa shape index (κ2) is 2.97. The zero-order valence-corrected chi connectivity index (χ0v) is 7.00. The first-order chi connectivity index (χ1) is 5.92. The molecule has 0 aromatic carbocycles. The highest BCUT2D eigenvalue weighted by atomic mass is 16.5. The van der Waals surface area contributed by atoms with Crippen molar-refractivity contribution in [1.29, 1.82) is 0 Å². The summed E-state index contributed by atoms with van der Waals surface area (Å²) in [4.78, 5) is 8.19. The molecular formula is C8H11N3O. The Balaban J connectivity index is 2.44. The average Bonchev–Trinajstić information content (AvgIpc) is 2.17. The Kier molecular flexibility index (Phi) is 1.81. The molecule has 0 aliphatic carbocycles. The van der Waals surface area contributed by atoms with Crippen LogP contribution in [0.15, 0.2) is 6.33 Å². The summed E-state index contributed by atoms with van der Waals surface area (Å²) >= 11 is 0. The predicted molar refractivity (Wildman–Crippen MR) is 45.4 cm³/mol. The van der Waals surface area contributed by atoms with E-state index in [9.17, 15) is 0 Å². The fraction of sp³-hybridized carbons (Fsp3) is 0.500. The maximum atomic E-state index is 5.10. The Labute approximate surface area is 71.0 Å². The summed E-state index contributed by atoms with van der Waals surface area (Å²) < 4.78 is 5.10. The summed E-state index contributed by atoms with van der Waals surface area (Å²) in [5.74, 6) is 0.653. The SMILES string of the molecule is COc1ncnc2c1NCCC2. The van der Waals surface area contributed by atoms with E-state index in [0.717, 1.165) is 30.8 Å². The van der Waals surface area contributed by atoms with Crippen LogP contribution in [0.3, 0.4) is 0 Å². The van der Waals surface area contributed by atoms with Crippen LogP contribution in [0.1, 0.15) is 12.1 Å². The van der Waals surface area contributed by atoms with Crippen molar-refractivity contribution in [2.75, 3.05) is 19.0 Å². The lowest BCUT2D eigenvalue weighted by Gasteiger charge is -2.17. The van der Waals surface area contributed by atoms with Gasteiger partial charge in [0.2, 0.25) is 5.88 Å². The van der Waals surface area contributed by atoms with Gasteiger partial charge < -0.3 is 10.1 Å². The number of aromatic nitrogens is 2. The van der Waals surface area contributed by atoms with Gasteiger partial charge in [0.15, 0.2) is 0 Å². The maximum Gasteiger partial charge on any atom is 0.240 e. The van der Waals surface area contributed by atoms with Gasteiger partial charge in [0.25, 0.3) is 0 Å². The summed E-state index contributed by atoms with van der Waals surface area (Å²) in [6, 6.07) is 0. The van der Waals surface area contributed by atoms with Crippen molar-refractivity contribution in [2.45, 2.75) is 12.8 Å². The van der Waals surface area contributed by atoms with Crippen LogP contribution < -0.4 is 10.1 Å². The number of nitrogens with one attached hydrogen (secondary N) is 1. The fourth-order valence-corrected chi connectivity index (χ4v) is 1.39. The molecule has 1 aromatic heterocycles. The van der Waals surface area contributed by atoms with Gasteiger partial charge in [-0.1, -0.05) is 0 Å². The third kappa shape index (κ3) is 1.09. The minimum absolute atomic E-state index is 0.653. The molecule has 0 atom stereocenters. The Morgan fingerprint density at radius 1 is 1.50 bits per heavy atom. The highest BCUT2D eigenvalue weighted by Gasteiger charge is 2.14. The lowest BCUT2D eigenvalue weighted by Crippen LogP contribution is -2.14. The van der Waals surface area contributed by atoms with E-state index in [0.29, 0.717) is 5.88 Å². The maximum absolute atomic E-state index is 5.10. The molecule has 0 radical (unpaired) electrons. The van der Waals surface area contributed by atoms with E-state index in [1.165, 1.54) is 0 Å². The van der Waals surface area contributed by atoms with Gasteiger partial charge in [-0.2, -0.15) is 4.98 Å². The van der Waals surface area contributed by atoms with Crippen LogP contribution in [-0.2, 0) is 6.42 Å². The first kappa shape index (κ1) is 7.34. The summed E-state index contributed by atoms with van der Waals surface area (Å²) in [7, 11) is 1.62. The van der Waals surface area contributed by atoms with Gasteiger partial charge in [-0.15, -0.1) is 0 Å². The molecule has 0 bridgehead atoms. The van der Waals surface area contributed by atoms with Crippen LogP contribution in [0.2, 0.25) is 0 Å². The Morgan fingerprint density at radius 2 is 2.42 bits per heavy atom. The van der Waals surface area contributed by atoms with E-state index in [1.807, 2.05) is 0 Å². The first-order valence-corrected chi connectivity index (χ1v) is 4.03. The minimum Gasteiger partial charge on any atom is -0.479 e. The highest BCUT2D eigenvalue weighted by Crippen LogP contribution is 2.27. The molecule has 0 unspecified atom stereocenters. The van der Waals surface area contributed by atoms with Crippen molar-refractivity contribution in [3.63, 3.8) is 0 Å². The molecule has 0 fully saturated rings. The number of hydrogen-bond donors (Lipinski definition) is 1. The molecule has 2 rings (SSSR count). The number of anilines is 1. The van der Waals surface area contributed by atoms with E-state index in [4.69, 9.17) is 4.74 Å².